The van der Waals surface area contributed by atoms with E-state index >= 15 is 0 Å². The van der Waals surface area contributed by atoms with Crippen LogP contribution in [0.3, 0.4) is 0 Å². The number of likely N-dealkylation sites (tertiary alicyclic amines) is 1. The summed E-state index contributed by atoms with van der Waals surface area (Å²) in [6, 6.07) is 18.9. The van der Waals surface area contributed by atoms with Gasteiger partial charge >= 0.3 is 6.01 Å². The first-order valence-electron chi connectivity index (χ1n) is 18.6. The van der Waals surface area contributed by atoms with Crippen LogP contribution >= 0.6 is 43.5 Å². The summed E-state index contributed by atoms with van der Waals surface area (Å²) in [5, 5.41) is 15.8. The van der Waals surface area contributed by atoms with Crippen molar-refractivity contribution < 1.29 is 19.0 Å². The Kier molecular flexibility index (Phi) is 13.2. The summed E-state index contributed by atoms with van der Waals surface area (Å²) in [6.45, 7) is 7.72. The van der Waals surface area contributed by atoms with Crippen LogP contribution in [-0.4, -0.2) is 98.9 Å². The third-order valence-electron chi connectivity index (χ3n) is 10.4. The van der Waals surface area contributed by atoms with Crippen molar-refractivity contribution in [1.29, 1.82) is 5.26 Å². The van der Waals surface area contributed by atoms with Gasteiger partial charge in [0.2, 0.25) is 0 Å². The average Bonchev–Trinajstić information content (AvgIpc) is 3.64. The van der Waals surface area contributed by atoms with E-state index in [9.17, 15) is 10.1 Å². The number of anilines is 2. The van der Waals surface area contributed by atoms with E-state index in [1.165, 1.54) is 0 Å². The van der Waals surface area contributed by atoms with Crippen molar-refractivity contribution in [2.75, 3.05) is 75.5 Å². The molecular weight excluding hydrogens is 838 g/mol. The molecule has 0 spiro atoms. The lowest BCUT2D eigenvalue weighted by Crippen LogP contribution is -2.51. The first kappa shape index (κ1) is 38.8. The molecule has 4 aromatic rings. The quantitative estimate of drug-likeness (QED) is 0.0966. The molecule has 4 heterocycles. The summed E-state index contributed by atoms with van der Waals surface area (Å²) in [5.41, 5.74) is 3.81. The monoisotopic (exact) mass is 879 g/mol. The van der Waals surface area contributed by atoms with Crippen LogP contribution in [0.25, 0.3) is 10.8 Å². The highest BCUT2D eigenvalue weighted by Crippen LogP contribution is 2.38. The van der Waals surface area contributed by atoms with Crippen LogP contribution in [0, 0.1) is 11.3 Å². The molecule has 54 heavy (non-hydrogen) atoms. The molecule has 2 fully saturated rings. The van der Waals surface area contributed by atoms with Gasteiger partial charge in [-0.1, -0.05) is 35.9 Å². The van der Waals surface area contributed by atoms with Crippen molar-refractivity contribution in [2.24, 2.45) is 0 Å². The van der Waals surface area contributed by atoms with Gasteiger partial charge in [0.25, 0.3) is 0 Å². The molecule has 0 radical (unpaired) electrons. The zero-order valence-electron chi connectivity index (χ0n) is 30.1. The largest absolute Gasteiger partial charge is 0.489 e. The maximum absolute atomic E-state index is 11.1. The summed E-state index contributed by atoms with van der Waals surface area (Å²) in [4.78, 5) is 28.4. The summed E-state index contributed by atoms with van der Waals surface area (Å²) in [5.74, 6) is 1.58. The molecule has 1 aromatic heterocycles. The molecule has 284 valence electrons. The Morgan fingerprint density at radius 1 is 1.02 bits per heavy atom. The molecule has 3 aliphatic rings. The standard InChI is InChI=1S/C40H44Br2ClN7O4/c41-32-21-27(25-51)22-33(42)38(32)53-20-19-52-18-4-15-48-14-3-7-30(48)26-54-40-46-35-24-49(36-9-2-6-28-5-1-8-34(43)37(28)36)16-11-31(35)39(47-40)50-17-13-45-29(23-50)10-12-44/h1-2,5-6,8-9,21-22,25,29-30,45H,3-4,7,10-11,13-20,23-24,26H2. The lowest BCUT2D eigenvalue weighted by molar-refractivity contribution is 0.0863. The highest BCUT2D eigenvalue weighted by molar-refractivity contribution is 9.11. The minimum absolute atomic E-state index is 0.0890. The van der Waals surface area contributed by atoms with Gasteiger partial charge in [0.15, 0.2) is 0 Å². The molecule has 14 heteroatoms. The number of ether oxygens (including phenoxy) is 3. The van der Waals surface area contributed by atoms with Crippen LogP contribution in [0.4, 0.5) is 11.5 Å². The zero-order chi connectivity index (χ0) is 37.4. The van der Waals surface area contributed by atoms with Gasteiger partial charge in [0, 0.05) is 73.6 Å². The Hall–Kier alpha value is -3.51. The first-order valence-corrected chi connectivity index (χ1v) is 20.6. The Balaban J connectivity index is 0.982. The lowest BCUT2D eigenvalue weighted by atomic mass is 10.0. The number of nitrogens with one attached hydrogen (secondary N) is 1. The van der Waals surface area contributed by atoms with Gasteiger partial charge in [-0.25, -0.2) is 0 Å². The number of carbonyl (C=O) groups excluding carboxylic acids is 1. The van der Waals surface area contributed by atoms with E-state index in [0.29, 0.717) is 63.3 Å². The van der Waals surface area contributed by atoms with Crippen LogP contribution in [0.2, 0.25) is 5.02 Å². The molecule has 0 aliphatic carbocycles. The number of hydrogen-bond donors (Lipinski definition) is 1. The van der Waals surface area contributed by atoms with Crippen molar-refractivity contribution >= 4 is 72.0 Å². The first-order chi connectivity index (χ1) is 26.4. The predicted octanol–water partition coefficient (Wildman–Crippen LogP) is 7.20. The number of rotatable bonds is 15. The lowest BCUT2D eigenvalue weighted by Gasteiger charge is -2.37. The molecule has 1 N–H and O–H groups in total. The third-order valence-corrected chi connectivity index (χ3v) is 11.8. The van der Waals surface area contributed by atoms with Gasteiger partial charge in [0.05, 0.1) is 45.3 Å². The fourth-order valence-corrected chi connectivity index (χ4v) is 9.46. The second kappa shape index (κ2) is 18.4. The van der Waals surface area contributed by atoms with Gasteiger partial charge in [0.1, 0.15) is 31.1 Å². The number of halogens is 3. The topological polar surface area (TPSA) is 116 Å². The molecule has 11 nitrogen and oxygen atoms in total. The average molecular weight is 882 g/mol. The van der Waals surface area contributed by atoms with Gasteiger partial charge < -0.3 is 29.3 Å². The predicted molar refractivity (Wildman–Crippen MR) is 218 cm³/mol. The zero-order valence-corrected chi connectivity index (χ0v) is 34.0. The van der Waals surface area contributed by atoms with E-state index < -0.39 is 0 Å². The van der Waals surface area contributed by atoms with E-state index in [1.54, 1.807) is 12.1 Å². The SMILES string of the molecule is N#CCC1CN(c2nc(OCC3CCCN3CCCOCCOc3c(Br)cc(C=O)cc3Br)nc3c2CCN(c2cccc4cccc(Cl)c24)C3)CCN1. The number of nitrogens with zero attached hydrogens (tertiary/aromatic N) is 6. The molecule has 2 unspecified atom stereocenters. The van der Waals surface area contributed by atoms with Crippen molar-refractivity contribution in [3.63, 3.8) is 0 Å². The second-order valence-corrected chi connectivity index (χ2v) is 16.0. The Labute approximate surface area is 338 Å². The van der Waals surface area contributed by atoms with Gasteiger partial charge in [-0.2, -0.15) is 15.2 Å². The van der Waals surface area contributed by atoms with Crippen molar-refractivity contribution in [3.8, 4) is 17.8 Å². The second-order valence-electron chi connectivity index (χ2n) is 13.9. The van der Waals surface area contributed by atoms with Gasteiger partial charge in [-0.05, 0) is 93.7 Å². The van der Waals surface area contributed by atoms with Crippen LogP contribution in [-0.2, 0) is 17.7 Å². The molecule has 7 rings (SSSR count). The van der Waals surface area contributed by atoms with Gasteiger partial charge in [-0.3, -0.25) is 9.69 Å². The van der Waals surface area contributed by atoms with Crippen molar-refractivity contribution in [1.82, 2.24) is 20.2 Å². The fraction of sp³-hybridized carbons (Fsp3) is 0.450. The Bertz CT molecular complexity index is 1970. The minimum Gasteiger partial charge on any atom is -0.489 e. The molecule has 2 atom stereocenters. The molecule has 0 amide bonds. The number of benzene rings is 3. The Morgan fingerprint density at radius 3 is 2.67 bits per heavy atom. The van der Waals surface area contributed by atoms with E-state index in [0.717, 1.165) is 112 Å². The van der Waals surface area contributed by atoms with Crippen LogP contribution in [0.1, 0.15) is 47.3 Å². The molecule has 3 aromatic carbocycles. The van der Waals surface area contributed by atoms with Gasteiger partial charge in [-0.15, -0.1) is 0 Å². The highest BCUT2D eigenvalue weighted by atomic mass is 79.9. The van der Waals surface area contributed by atoms with Crippen LogP contribution in [0.5, 0.6) is 11.8 Å². The number of hydrogen-bond acceptors (Lipinski definition) is 11. The number of aldehydes is 1. The summed E-state index contributed by atoms with van der Waals surface area (Å²) >= 11 is 13.7. The van der Waals surface area contributed by atoms with Crippen molar-refractivity contribution in [3.05, 3.63) is 79.3 Å². The van der Waals surface area contributed by atoms with Crippen molar-refractivity contribution in [2.45, 2.75) is 50.7 Å². The smallest absolute Gasteiger partial charge is 0.318 e. The number of aromatic nitrogens is 2. The summed E-state index contributed by atoms with van der Waals surface area (Å²) in [7, 11) is 0. The number of nitriles is 1. The van der Waals surface area contributed by atoms with Crippen LogP contribution in [0.15, 0.2) is 57.5 Å². The molecule has 2 saturated heterocycles. The van der Waals surface area contributed by atoms with E-state index in [2.05, 4.69) is 82.2 Å². The number of fused-ring (bicyclic) bond motifs is 2. The fourth-order valence-electron chi connectivity index (χ4n) is 7.73. The molecule has 0 bridgehead atoms. The maximum Gasteiger partial charge on any atom is 0.318 e. The minimum atomic E-state index is 0.0890. The van der Waals surface area contributed by atoms with E-state index in [1.807, 2.05) is 12.1 Å². The Morgan fingerprint density at radius 2 is 1.85 bits per heavy atom. The maximum atomic E-state index is 11.1. The van der Waals surface area contributed by atoms with E-state index in [-0.39, 0.29) is 12.1 Å². The van der Waals surface area contributed by atoms with E-state index in [4.69, 9.17) is 35.8 Å². The third kappa shape index (κ3) is 9.12. The highest BCUT2D eigenvalue weighted by Gasteiger charge is 2.30. The molecular formula is C40H44Br2ClN7O4. The van der Waals surface area contributed by atoms with Crippen LogP contribution < -0.4 is 24.6 Å². The summed E-state index contributed by atoms with van der Waals surface area (Å²) < 4.78 is 19.7. The summed E-state index contributed by atoms with van der Waals surface area (Å²) in [6.07, 6.45) is 5.13. The number of piperazine rings is 1. The normalized spacial score (nSPS) is 18.8. The molecule has 3 aliphatic heterocycles. The molecule has 0 saturated carbocycles. The number of carbonyl (C=O) groups is 1.